The molecule has 2 aliphatic rings. The van der Waals surface area contributed by atoms with Gasteiger partial charge in [0.15, 0.2) is 11.5 Å². The Hall–Kier alpha value is -2.28. The van der Waals surface area contributed by atoms with Crippen molar-refractivity contribution in [2.24, 2.45) is 0 Å². The zero-order valence-electron chi connectivity index (χ0n) is 17.4. The Labute approximate surface area is 191 Å². The number of nitrogens with zero attached hydrogens (tertiary/aromatic N) is 3. The van der Waals surface area contributed by atoms with Crippen molar-refractivity contribution in [3.05, 3.63) is 46.7 Å². The molecule has 31 heavy (non-hydrogen) atoms. The van der Waals surface area contributed by atoms with E-state index in [1.54, 1.807) is 19.2 Å². The van der Waals surface area contributed by atoms with Gasteiger partial charge in [-0.1, -0.05) is 23.2 Å². The number of nitrogens with one attached hydrogen (secondary N) is 1. The van der Waals surface area contributed by atoms with Crippen LogP contribution in [0.3, 0.4) is 0 Å². The number of aromatic nitrogens is 2. The van der Waals surface area contributed by atoms with Crippen molar-refractivity contribution in [1.82, 2.24) is 14.9 Å². The second kappa shape index (κ2) is 8.34. The number of hydrogen-bond donors (Lipinski definition) is 1. The lowest BCUT2D eigenvalue weighted by molar-refractivity contribution is 0.0644. The minimum absolute atomic E-state index is 0.190. The summed E-state index contributed by atoms with van der Waals surface area (Å²) >= 11 is 12.2. The molecule has 0 aliphatic carbocycles. The average Bonchev–Trinajstić information content (AvgIpc) is 2.96. The van der Waals surface area contributed by atoms with Gasteiger partial charge in [0.2, 0.25) is 0 Å². The fraction of sp³-hybridized carbons (Fsp3) is 0.391. The molecule has 0 amide bonds. The Morgan fingerprint density at radius 1 is 1.00 bits per heavy atom. The molecule has 0 radical (unpaired) electrons. The number of fused-ring (bicyclic) bond motifs is 3. The molecule has 2 aromatic carbocycles. The highest BCUT2D eigenvalue weighted by molar-refractivity contribution is 6.42. The molecule has 8 heteroatoms. The van der Waals surface area contributed by atoms with E-state index in [-0.39, 0.29) is 6.10 Å². The molecule has 5 rings (SSSR count). The number of ether oxygens (including phenoxy) is 2. The number of piperidine rings is 1. The van der Waals surface area contributed by atoms with Gasteiger partial charge in [-0.15, -0.1) is 0 Å². The fourth-order valence-corrected chi connectivity index (χ4v) is 5.06. The molecule has 3 heterocycles. The predicted molar refractivity (Wildman–Crippen MR) is 124 cm³/mol. The summed E-state index contributed by atoms with van der Waals surface area (Å²) in [5, 5.41) is 5.11. The summed E-state index contributed by atoms with van der Waals surface area (Å²) in [6.45, 7) is 0. The number of rotatable bonds is 5. The molecule has 2 saturated heterocycles. The van der Waals surface area contributed by atoms with Crippen LogP contribution in [0.25, 0.3) is 10.9 Å². The van der Waals surface area contributed by atoms with E-state index in [2.05, 4.69) is 27.2 Å². The Morgan fingerprint density at radius 2 is 1.77 bits per heavy atom. The van der Waals surface area contributed by atoms with Crippen molar-refractivity contribution in [2.75, 3.05) is 19.5 Å². The average molecular weight is 459 g/mol. The van der Waals surface area contributed by atoms with E-state index in [0.717, 1.165) is 35.2 Å². The fourth-order valence-electron chi connectivity index (χ4n) is 4.76. The molecule has 3 aromatic rings. The molecule has 2 bridgehead atoms. The van der Waals surface area contributed by atoms with Crippen molar-refractivity contribution >= 4 is 45.6 Å². The minimum atomic E-state index is 0.190. The zero-order valence-corrected chi connectivity index (χ0v) is 19.0. The van der Waals surface area contributed by atoms with Gasteiger partial charge in [0.05, 0.1) is 22.7 Å². The molecule has 6 nitrogen and oxygen atoms in total. The molecule has 0 unspecified atom stereocenters. The topological polar surface area (TPSA) is 59.5 Å². The standard InChI is InChI=1S/C23H24Cl2N4O2/c1-29-14-4-5-15(29)9-16(8-14)31-22-11-20-17(10-21(22)30-2)23(27-12-26-20)28-13-3-6-18(24)19(25)7-13/h3,6-7,10-12,14-16H,4-5,8-9H2,1-2H3,(H,26,27,28)/t14-,15+,16-. The van der Waals surface area contributed by atoms with Gasteiger partial charge in [0.25, 0.3) is 0 Å². The minimum Gasteiger partial charge on any atom is -0.493 e. The molecule has 2 fully saturated rings. The number of halogens is 2. The second-order valence-electron chi connectivity index (χ2n) is 8.26. The van der Waals surface area contributed by atoms with Gasteiger partial charge in [-0.05, 0) is 57.0 Å². The van der Waals surface area contributed by atoms with Crippen molar-refractivity contribution < 1.29 is 9.47 Å². The molecule has 0 saturated carbocycles. The van der Waals surface area contributed by atoms with Gasteiger partial charge >= 0.3 is 0 Å². The van der Waals surface area contributed by atoms with Gasteiger partial charge < -0.3 is 19.7 Å². The Bertz CT molecular complexity index is 1110. The third-order valence-electron chi connectivity index (χ3n) is 6.45. The van der Waals surface area contributed by atoms with Crippen molar-refractivity contribution in [3.63, 3.8) is 0 Å². The smallest absolute Gasteiger partial charge is 0.163 e. The number of benzene rings is 2. The first-order chi connectivity index (χ1) is 15.0. The van der Waals surface area contributed by atoms with Crippen LogP contribution in [0.5, 0.6) is 11.5 Å². The molecule has 2 aliphatic heterocycles. The predicted octanol–water partition coefficient (Wildman–Crippen LogP) is 5.69. The van der Waals surface area contributed by atoms with E-state index in [1.807, 2.05) is 18.2 Å². The third kappa shape index (κ3) is 4.00. The zero-order chi connectivity index (χ0) is 21.5. The van der Waals surface area contributed by atoms with Crippen molar-refractivity contribution in [1.29, 1.82) is 0 Å². The van der Waals surface area contributed by atoms with Crippen LogP contribution in [0, 0.1) is 0 Å². The summed E-state index contributed by atoms with van der Waals surface area (Å²) in [7, 11) is 3.89. The third-order valence-corrected chi connectivity index (χ3v) is 7.19. The van der Waals surface area contributed by atoms with E-state index in [9.17, 15) is 0 Å². The summed E-state index contributed by atoms with van der Waals surface area (Å²) in [6, 6.07) is 10.5. The van der Waals surface area contributed by atoms with Crippen LogP contribution in [0.2, 0.25) is 10.0 Å². The van der Waals surface area contributed by atoms with Crippen LogP contribution < -0.4 is 14.8 Å². The lowest BCUT2D eigenvalue weighted by Crippen LogP contribution is -2.43. The summed E-state index contributed by atoms with van der Waals surface area (Å²) in [5.74, 6) is 2.06. The monoisotopic (exact) mass is 458 g/mol. The van der Waals surface area contributed by atoms with Crippen molar-refractivity contribution in [2.45, 2.75) is 43.9 Å². The number of anilines is 2. The summed E-state index contributed by atoms with van der Waals surface area (Å²) in [5.41, 5.74) is 1.57. The van der Waals surface area contributed by atoms with Crippen LogP contribution in [-0.2, 0) is 0 Å². The normalized spacial score (nSPS) is 23.2. The Kier molecular flexibility index (Phi) is 5.54. The Morgan fingerprint density at radius 3 is 2.48 bits per heavy atom. The van der Waals surface area contributed by atoms with Crippen LogP contribution >= 0.6 is 23.2 Å². The molecule has 3 atom stereocenters. The highest BCUT2D eigenvalue weighted by Crippen LogP contribution is 2.40. The summed E-state index contributed by atoms with van der Waals surface area (Å²) in [4.78, 5) is 11.4. The molecular formula is C23H24Cl2N4O2. The first-order valence-electron chi connectivity index (χ1n) is 10.4. The SMILES string of the molecule is COc1cc2c(Nc3ccc(Cl)c(Cl)c3)ncnc2cc1O[C@@H]1C[C@H]2CC[C@@H](C1)N2C. The van der Waals surface area contributed by atoms with E-state index in [1.165, 1.54) is 19.2 Å². The van der Waals surface area contributed by atoms with Gasteiger partial charge in [-0.25, -0.2) is 9.97 Å². The molecule has 1 N–H and O–H groups in total. The van der Waals surface area contributed by atoms with Crippen LogP contribution in [-0.4, -0.2) is 47.2 Å². The van der Waals surface area contributed by atoms with Gasteiger partial charge in [-0.3, -0.25) is 0 Å². The molecule has 162 valence electrons. The maximum absolute atomic E-state index is 6.44. The van der Waals surface area contributed by atoms with Crippen molar-refractivity contribution in [3.8, 4) is 11.5 Å². The summed E-state index contributed by atoms with van der Waals surface area (Å²) in [6.07, 6.45) is 6.33. The molecule has 0 spiro atoms. The van der Waals surface area contributed by atoms with E-state index in [0.29, 0.717) is 33.7 Å². The second-order valence-corrected chi connectivity index (χ2v) is 9.07. The summed E-state index contributed by atoms with van der Waals surface area (Å²) < 4.78 is 12.1. The maximum Gasteiger partial charge on any atom is 0.163 e. The molecular weight excluding hydrogens is 435 g/mol. The molecule has 1 aromatic heterocycles. The van der Waals surface area contributed by atoms with Crippen LogP contribution in [0.15, 0.2) is 36.7 Å². The van der Waals surface area contributed by atoms with Gasteiger partial charge in [0, 0.05) is 29.2 Å². The lowest BCUT2D eigenvalue weighted by Gasteiger charge is -2.36. The largest absolute Gasteiger partial charge is 0.493 e. The van der Waals surface area contributed by atoms with Crippen LogP contribution in [0.4, 0.5) is 11.5 Å². The van der Waals surface area contributed by atoms with E-state index >= 15 is 0 Å². The number of hydrogen-bond acceptors (Lipinski definition) is 6. The van der Waals surface area contributed by atoms with E-state index < -0.39 is 0 Å². The van der Waals surface area contributed by atoms with Gasteiger partial charge in [-0.2, -0.15) is 0 Å². The quantitative estimate of drug-likeness (QED) is 0.529. The van der Waals surface area contributed by atoms with Crippen LogP contribution in [0.1, 0.15) is 25.7 Å². The highest BCUT2D eigenvalue weighted by atomic mass is 35.5. The number of methoxy groups -OCH3 is 1. The van der Waals surface area contributed by atoms with E-state index in [4.69, 9.17) is 32.7 Å². The van der Waals surface area contributed by atoms with Gasteiger partial charge in [0.1, 0.15) is 18.2 Å². The first kappa shape index (κ1) is 20.6. The first-order valence-corrected chi connectivity index (χ1v) is 11.2. The Balaban J connectivity index is 1.44. The lowest BCUT2D eigenvalue weighted by atomic mass is 10.0. The maximum atomic E-state index is 6.44. The highest BCUT2D eigenvalue weighted by Gasteiger charge is 2.39.